The van der Waals surface area contributed by atoms with Crippen LogP contribution in [-0.4, -0.2) is 30.5 Å². The molecular formula is C8H10N2O3. The Kier molecular flexibility index (Phi) is 3.31. The zero-order valence-corrected chi connectivity index (χ0v) is 7.32. The van der Waals surface area contributed by atoms with E-state index in [9.17, 15) is 9.59 Å². The second-order valence-corrected chi connectivity index (χ2v) is 2.54. The van der Waals surface area contributed by atoms with E-state index in [1.807, 2.05) is 6.92 Å². The van der Waals surface area contributed by atoms with Gasteiger partial charge in [-0.2, -0.15) is 9.98 Å². The molecule has 0 saturated heterocycles. The Labute approximate surface area is 75.5 Å². The average molecular weight is 182 g/mol. The van der Waals surface area contributed by atoms with E-state index in [0.717, 1.165) is 6.42 Å². The molecule has 0 aromatic heterocycles. The van der Waals surface area contributed by atoms with E-state index >= 15 is 0 Å². The van der Waals surface area contributed by atoms with Gasteiger partial charge in [0.05, 0.1) is 25.0 Å². The maximum Gasteiger partial charge on any atom is 0.367 e. The third kappa shape index (κ3) is 3.14. The standard InChI is InChI=1S/C8H10N2O3/c1-2-3-13-7(11)4-6-5-9-8(12)10-6/h5H,2-4H2,1H3. The molecule has 0 spiro atoms. The van der Waals surface area contributed by atoms with Gasteiger partial charge >= 0.3 is 12.0 Å². The molecule has 0 N–H and O–H groups in total. The summed E-state index contributed by atoms with van der Waals surface area (Å²) in [5.74, 6) is -0.373. The van der Waals surface area contributed by atoms with Gasteiger partial charge < -0.3 is 4.74 Å². The van der Waals surface area contributed by atoms with Gasteiger partial charge in [0.2, 0.25) is 0 Å². The van der Waals surface area contributed by atoms with E-state index in [-0.39, 0.29) is 12.4 Å². The lowest BCUT2D eigenvalue weighted by Gasteiger charge is -2.00. The van der Waals surface area contributed by atoms with Crippen LogP contribution in [0.25, 0.3) is 0 Å². The SMILES string of the molecule is CCCOC(=O)CC1=NC(=O)N=C1. The Hall–Kier alpha value is -1.52. The lowest BCUT2D eigenvalue weighted by atomic mass is 10.3. The van der Waals surface area contributed by atoms with Gasteiger partial charge in [-0.1, -0.05) is 6.92 Å². The Bertz CT molecular complexity index is 281. The van der Waals surface area contributed by atoms with Crippen LogP contribution in [0.3, 0.4) is 0 Å². The summed E-state index contributed by atoms with van der Waals surface area (Å²) in [5, 5.41) is 0. The fraction of sp³-hybridized carbons (Fsp3) is 0.500. The molecule has 1 heterocycles. The smallest absolute Gasteiger partial charge is 0.367 e. The summed E-state index contributed by atoms with van der Waals surface area (Å²) in [6.07, 6.45) is 2.09. The molecule has 0 atom stereocenters. The van der Waals surface area contributed by atoms with Crippen LogP contribution in [0.1, 0.15) is 19.8 Å². The van der Waals surface area contributed by atoms with Gasteiger partial charge in [-0.05, 0) is 6.42 Å². The predicted molar refractivity (Wildman–Crippen MR) is 47.2 cm³/mol. The third-order valence-corrected chi connectivity index (χ3v) is 1.36. The molecule has 0 unspecified atom stereocenters. The van der Waals surface area contributed by atoms with Crippen LogP contribution >= 0.6 is 0 Å². The van der Waals surface area contributed by atoms with Crippen molar-refractivity contribution in [2.24, 2.45) is 9.98 Å². The van der Waals surface area contributed by atoms with E-state index < -0.39 is 6.03 Å². The minimum Gasteiger partial charge on any atom is -0.465 e. The maximum atomic E-state index is 11.0. The summed E-state index contributed by atoms with van der Waals surface area (Å²) in [6.45, 7) is 2.31. The van der Waals surface area contributed by atoms with Gasteiger partial charge in [0.1, 0.15) is 0 Å². The first kappa shape index (κ1) is 9.57. The molecule has 2 amide bonds. The number of urea groups is 1. The fourth-order valence-electron chi connectivity index (χ4n) is 0.810. The van der Waals surface area contributed by atoms with Crippen molar-refractivity contribution >= 4 is 23.9 Å². The quantitative estimate of drug-likeness (QED) is 0.608. The van der Waals surface area contributed by atoms with Gasteiger partial charge in [-0.3, -0.25) is 4.79 Å². The van der Waals surface area contributed by atoms with E-state index in [4.69, 9.17) is 4.74 Å². The number of ether oxygens (including phenoxy) is 1. The van der Waals surface area contributed by atoms with E-state index in [1.54, 1.807) is 0 Å². The average Bonchev–Trinajstić information content (AvgIpc) is 2.48. The number of esters is 1. The highest BCUT2D eigenvalue weighted by atomic mass is 16.5. The van der Waals surface area contributed by atoms with Crippen LogP contribution in [0.4, 0.5) is 4.79 Å². The number of carbonyl (C=O) groups excluding carboxylic acids is 2. The molecule has 0 aromatic carbocycles. The second kappa shape index (κ2) is 4.49. The zero-order valence-electron chi connectivity index (χ0n) is 7.32. The van der Waals surface area contributed by atoms with Crippen LogP contribution in [-0.2, 0) is 9.53 Å². The highest BCUT2D eigenvalue weighted by molar-refractivity contribution is 6.40. The van der Waals surface area contributed by atoms with Gasteiger partial charge in [0.25, 0.3) is 0 Å². The monoisotopic (exact) mass is 182 g/mol. The topological polar surface area (TPSA) is 68.1 Å². The van der Waals surface area contributed by atoms with E-state index in [2.05, 4.69) is 9.98 Å². The third-order valence-electron chi connectivity index (χ3n) is 1.36. The molecule has 0 fully saturated rings. The van der Waals surface area contributed by atoms with Crippen molar-refractivity contribution in [2.45, 2.75) is 19.8 Å². The molecule has 1 rings (SSSR count). The van der Waals surface area contributed by atoms with Crippen LogP contribution in [0.2, 0.25) is 0 Å². The van der Waals surface area contributed by atoms with Crippen LogP contribution < -0.4 is 0 Å². The van der Waals surface area contributed by atoms with E-state index in [0.29, 0.717) is 12.3 Å². The van der Waals surface area contributed by atoms with Gasteiger partial charge in [-0.15, -0.1) is 0 Å². The second-order valence-electron chi connectivity index (χ2n) is 2.54. The summed E-state index contributed by atoms with van der Waals surface area (Å²) in [4.78, 5) is 28.4. The molecular weight excluding hydrogens is 172 g/mol. The molecule has 1 aliphatic rings. The lowest BCUT2D eigenvalue weighted by Crippen LogP contribution is -2.11. The number of rotatable bonds is 4. The molecule has 0 aromatic rings. The summed E-state index contributed by atoms with van der Waals surface area (Å²) in [5.41, 5.74) is 0.367. The summed E-state index contributed by atoms with van der Waals surface area (Å²) < 4.78 is 4.80. The molecule has 0 aliphatic carbocycles. The van der Waals surface area contributed by atoms with Gasteiger partial charge in [0, 0.05) is 0 Å². The van der Waals surface area contributed by atoms with Crippen LogP contribution in [0.15, 0.2) is 9.98 Å². The number of carbonyl (C=O) groups is 2. The first-order valence-corrected chi connectivity index (χ1v) is 4.03. The van der Waals surface area contributed by atoms with Crippen molar-refractivity contribution in [2.75, 3.05) is 6.61 Å². The zero-order chi connectivity index (χ0) is 9.68. The Balaban J connectivity index is 2.33. The molecule has 5 nitrogen and oxygen atoms in total. The van der Waals surface area contributed by atoms with Crippen molar-refractivity contribution in [3.05, 3.63) is 0 Å². The van der Waals surface area contributed by atoms with Crippen molar-refractivity contribution in [3.8, 4) is 0 Å². The summed E-state index contributed by atoms with van der Waals surface area (Å²) >= 11 is 0. The molecule has 0 bridgehead atoms. The van der Waals surface area contributed by atoms with Crippen molar-refractivity contribution in [1.82, 2.24) is 0 Å². The lowest BCUT2D eigenvalue weighted by molar-refractivity contribution is -0.142. The minimum absolute atomic E-state index is 0.0231. The largest absolute Gasteiger partial charge is 0.465 e. The Morgan fingerprint density at radius 2 is 2.38 bits per heavy atom. The molecule has 5 heteroatoms. The predicted octanol–water partition coefficient (Wildman–Crippen LogP) is 0.975. The fourth-order valence-corrected chi connectivity index (χ4v) is 0.810. The Morgan fingerprint density at radius 1 is 1.62 bits per heavy atom. The molecule has 13 heavy (non-hydrogen) atoms. The Morgan fingerprint density at radius 3 is 2.92 bits per heavy atom. The van der Waals surface area contributed by atoms with Gasteiger partial charge in [-0.25, -0.2) is 4.79 Å². The molecule has 0 radical (unpaired) electrons. The number of hydrogen-bond donors (Lipinski definition) is 0. The van der Waals surface area contributed by atoms with Crippen LogP contribution in [0, 0.1) is 0 Å². The highest BCUT2D eigenvalue weighted by Gasteiger charge is 2.12. The van der Waals surface area contributed by atoms with Crippen molar-refractivity contribution < 1.29 is 14.3 Å². The number of nitrogens with zero attached hydrogens (tertiary/aromatic N) is 2. The molecule has 1 aliphatic heterocycles. The van der Waals surface area contributed by atoms with Gasteiger partial charge in [0.15, 0.2) is 0 Å². The minimum atomic E-state index is -0.557. The normalized spacial score (nSPS) is 14.5. The van der Waals surface area contributed by atoms with E-state index in [1.165, 1.54) is 6.21 Å². The number of amides is 2. The summed E-state index contributed by atoms with van der Waals surface area (Å²) in [6, 6.07) is -0.557. The maximum absolute atomic E-state index is 11.0. The van der Waals surface area contributed by atoms with Crippen molar-refractivity contribution in [3.63, 3.8) is 0 Å². The molecule has 70 valence electrons. The van der Waals surface area contributed by atoms with Crippen molar-refractivity contribution in [1.29, 1.82) is 0 Å². The first-order chi connectivity index (χ1) is 6.22. The van der Waals surface area contributed by atoms with Crippen LogP contribution in [0.5, 0.6) is 0 Å². The molecule has 0 saturated carbocycles. The summed E-state index contributed by atoms with van der Waals surface area (Å²) in [7, 11) is 0. The number of hydrogen-bond acceptors (Lipinski definition) is 3. The first-order valence-electron chi connectivity index (χ1n) is 4.03. The highest BCUT2D eigenvalue weighted by Crippen LogP contribution is 1.98. The number of aliphatic imine (C=N–C) groups is 2.